The number of nitrogens with two attached hydrogens (primary N) is 1. The Labute approximate surface area is 124 Å². The Morgan fingerprint density at radius 3 is 2.62 bits per heavy atom. The molecule has 0 saturated carbocycles. The second kappa shape index (κ2) is 5.48. The van der Waals surface area contributed by atoms with Crippen LogP contribution >= 0.6 is 0 Å². The molecule has 1 heterocycles. The first-order chi connectivity index (χ1) is 10.2. The molecule has 4 nitrogen and oxygen atoms in total. The lowest BCUT2D eigenvalue weighted by atomic mass is 10.0. The highest BCUT2D eigenvalue weighted by Gasteiger charge is 2.18. The van der Waals surface area contributed by atoms with E-state index in [1.54, 1.807) is 7.11 Å². The van der Waals surface area contributed by atoms with Crippen LogP contribution in [-0.2, 0) is 0 Å². The van der Waals surface area contributed by atoms with Gasteiger partial charge in [0, 0.05) is 6.07 Å². The van der Waals surface area contributed by atoms with Crippen LogP contribution in [0.2, 0.25) is 0 Å². The minimum Gasteiger partial charge on any atom is -0.497 e. The van der Waals surface area contributed by atoms with Gasteiger partial charge in [0.1, 0.15) is 5.75 Å². The van der Waals surface area contributed by atoms with Gasteiger partial charge in [-0.3, -0.25) is 0 Å². The maximum absolute atomic E-state index is 6.17. The molecule has 0 aliphatic heterocycles. The van der Waals surface area contributed by atoms with Crippen LogP contribution in [0.4, 0.5) is 5.95 Å². The fraction of sp³-hybridized carbons (Fsp3) is 0.235. The number of nitrogen functional groups attached to an aromatic ring is 1. The number of ether oxygens (including phenoxy) is 1. The molecule has 0 spiro atoms. The van der Waals surface area contributed by atoms with Crippen molar-refractivity contribution in [3.05, 3.63) is 54.1 Å². The van der Waals surface area contributed by atoms with E-state index in [9.17, 15) is 0 Å². The van der Waals surface area contributed by atoms with E-state index in [4.69, 9.17) is 10.5 Å². The van der Waals surface area contributed by atoms with Gasteiger partial charge in [0.25, 0.3) is 0 Å². The van der Waals surface area contributed by atoms with Crippen molar-refractivity contribution >= 4 is 17.0 Å². The first-order valence-electron chi connectivity index (χ1n) is 7.11. The van der Waals surface area contributed by atoms with Gasteiger partial charge in [-0.15, -0.1) is 0 Å². The number of rotatable bonds is 4. The van der Waals surface area contributed by atoms with Crippen LogP contribution in [0.25, 0.3) is 11.0 Å². The number of methoxy groups -OCH3 is 1. The van der Waals surface area contributed by atoms with Crippen molar-refractivity contribution in [1.29, 1.82) is 0 Å². The molecular formula is C17H19N3O. The molecule has 2 N–H and O–H groups in total. The summed E-state index contributed by atoms with van der Waals surface area (Å²) < 4.78 is 7.41. The van der Waals surface area contributed by atoms with E-state index in [2.05, 4.69) is 28.6 Å². The number of hydrogen-bond acceptors (Lipinski definition) is 3. The van der Waals surface area contributed by atoms with E-state index in [-0.39, 0.29) is 6.04 Å². The second-order valence-corrected chi connectivity index (χ2v) is 5.03. The van der Waals surface area contributed by atoms with Crippen molar-refractivity contribution in [2.75, 3.05) is 12.8 Å². The molecule has 1 atom stereocenters. The highest BCUT2D eigenvalue weighted by atomic mass is 16.5. The van der Waals surface area contributed by atoms with Gasteiger partial charge in [0.15, 0.2) is 0 Å². The summed E-state index contributed by atoms with van der Waals surface area (Å²) in [6, 6.07) is 16.4. The molecule has 4 heteroatoms. The Kier molecular flexibility index (Phi) is 3.52. The molecule has 3 aromatic rings. The van der Waals surface area contributed by atoms with Crippen LogP contribution in [0.3, 0.4) is 0 Å². The average Bonchev–Trinajstić information content (AvgIpc) is 2.85. The monoisotopic (exact) mass is 281 g/mol. The molecule has 2 aromatic carbocycles. The average molecular weight is 281 g/mol. The molecule has 0 amide bonds. The third-order valence-corrected chi connectivity index (χ3v) is 3.81. The highest BCUT2D eigenvalue weighted by molar-refractivity contribution is 5.80. The first kappa shape index (κ1) is 13.5. The zero-order valence-electron chi connectivity index (χ0n) is 12.3. The highest BCUT2D eigenvalue weighted by Crippen LogP contribution is 2.31. The SMILES string of the molecule is CCC(c1ccccc1)n1c(N)nc2ccc(OC)cc21. The first-order valence-corrected chi connectivity index (χ1v) is 7.11. The van der Waals surface area contributed by atoms with Crippen LogP contribution in [0, 0.1) is 0 Å². The van der Waals surface area contributed by atoms with Crippen molar-refractivity contribution in [1.82, 2.24) is 9.55 Å². The van der Waals surface area contributed by atoms with Gasteiger partial charge in [-0.2, -0.15) is 0 Å². The second-order valence-electron chi connectivity index (χ2n) is 5.03. The number of imidazole rings is 1. The van der Waals surface area contributed by atoms with Gasteiger partial charge in [-0.25, -0.2) is 4.98 Å². The van der Waals surface area contributed by atoms with E-state index < -0.39 is 0 Å². The minimum absolute atomic E-state index is 0.170. The number of hydrogen-bond donors (Lipinski definition) is 1. The summed E-state index contributed by atoms with van der Waals surface area (Å²) >= 11 is 0. The van der Waals surface area contributed by atoms with E-state index in [0.29, 0.717) is 5.95 Å². The van der Waals surface area contributed by atoms with E-state index in [1.807, 2.05) is 36.4 Å². The van der Waals surface area contributed by atoms with E-state index >= 15 is 0 Å². The summed E-state index contributed by atoms with van der Waals surface area (Å²) in [4.78, 5) is 4.47. The smallest absolute Gasteiger partial charge is 0.201 e. The van der Waals surface area contributed by atoms with Gasteiger partial charge in [-0.05, 0) is 24.1 Å². The van der Waals surface area contributed by atoms with Gasteiger partial charge >= 0.3 is 0 Å². The number of benzene rings is 2. The Morgan fingerprint density at radius 2 is 1.95 bits per heavy atom. The molecule has 108 valence electrons. The summed E-state index contributed by atoms with van der Waals surface area (Å²) in [7, 11) is 1.67. The van der Waals surface area contributed by atoms with Gasteiger partial charge in [-0.1, -0.05) is 37.3 Å². The van der Waals surface area contributed by atoms with Crippen LogP contribution < -0.4 is 10.5 Å². The molecule has 1 aromatic heterocycles. The number of aromatic nitrogens is 2. The standard InChI is InChI=1S/C17H19N3O/c1-3-15(12-7-5-4-6-8-12)20-16-11-13(21-2)9-10-14(16)19-17(20)18/h4-11,15H,3H2,1-2H3,(H2,18,19). The molecule has 0 fully saturated rings. The number of nitrogens with zero attached hydrogens (tertiary/aromatic N) is 2. The van der Waals surface area contributed by atoms with Crippen molar-refractivity contribution in [3.63, 3.8) is 0 Å². The molecule has 0 aliphatic rings. The lowest BCUT2D eigenvalue weighted by Gasteiger charge is -2.19. The summed E-state index contributed by atoms with van der Waals surface area (Å²) in [5, 5.41) is 0. The van der Waals surface area contributed by atoms with E-state index in [1.165, 1.54) is 5.56 Å². The largest absolute Gasteiger partial charge is 0.497 e. The van der Waals surface area contributed by atoms with Crippen LogP contribution in [0.5, 0.6) is 5.75 Å². The van der Waals surface area contributed by atoms with Crippen LogP contribution in [0.1, 0.15) is 24.9 Å². The zero-order chi connectivity index (χ0) is 14.8. The molecule has 0 saturated heterocycles. The summed E-state index contributed by atoms with van der Waals surface area (Å²) in [6.07, 6.45) is 0.941. The van der Waals surface area contributed by atoms with Crippen molar-refractivity contribution in [3.8, 4) is 5.75 Å². The third kappa shape index (κ3) is 2.33. The van der Waals surface area contributed by atoms with Crippen LogP contribution in [-0.4, -0.2) is 16.7 Å². The summed E-state index contributed by atoms with van der Waals surface area (Å²) in [5.41, 5.74) is 9.29. The van der Waals surface area contributed by atoms with Gasteiger partial charge in [0.2, 0.25) is 5.95 Å². The molecule has 0 radical (unpaired) electrons. The molecule has 0 bridgehead atoms. The summed E-state index contributed by atoms with van der Waals surface area (Å²) in [5.74, 6) is 1.35. The Balaban J connectivity index is 2.20. The molecule has 3 rings (SSSR count). The molecule has 1 unspecified atom stereocenters. The zero-order valence-corrected chi connectivity index (χ0v) is 12.3. The predicted octanol–water partition coefficient (Wildman–Crippen LogP) is 3.63. The lowest BCUT2D eigenvalue weighted by Crippen LogP contribution is -2.12. The summed E-state index contributed by atoms with van der Waals surface area (Å²) in [6.45, 7) is 2.16. The quantitative estimate of drug-likeness (QED) is 0.794. The van der Waals surface area contributed by atoms with Crippen LogP contribution in [0.15, 0.2) is 48.5 Å². The third-order valence-electron chi connectivity index (χ3n) is 3.81. The lowest BCUT2D eigenvalue weighted by molar-refractivity contribution is 0.415. The van der Waals surface area contributed by atoms with Gasteiger partial charge in [0.05, 0.1) is 24.2 Å². The minimum atomic E-state index is 0.170. The fourth-order valence-electron chi connectivity index (χ4n) is 2.79. The number of fused-ring (bicyclic) bond motifs is 1. The number of anilines is 1. The fourth-order valence-corrected chi connectivity index (χ4v) is 2.79. The normalized spacial score (nSPS) is 12.5. The Morgan fingerprint density at radius 1 is 1.19 bits per heavy atom. The maximum atomic E-state index is 6.17. The van der Waals surface area contributed by atoms with Crippen molar-refractivity contribution in [2.45, 2.75) is 19.4 Å². The van der Waals surface area contributed by atoms with Crippen molar-refractivity contribution in [2.24, 2.45) is 0 Å². The Bertz CT molecular complexity index is 749. The molecule has 21 heavy (non-hydrogen) atoms. The molecule has 0 aliphatic carbocycles. The topological polar surface area (TPSA) is 53.1 Å². The molecular weight excluding hydrogens is 262 g/mol. The van der Waals surface area contributed by atoms with E-state index in [0.717, 1.165) is 23.2 Å². The van der Waals surface area contributed by atoms with Crippen molar-refractivity contribution < 1.29 is 4.74 Å². The van der Waals surface area contributed by atoms with Gasteiger partial charge < -0.3 is 15.0 Å². The predicted molar refractivity (Wildman–Crippen MR) is 85.6 cm³/mol. The Hall–Kier alpha value is -2.49. The maximum Gasteiger partial charge on any atom is 0.201 e.